The summed E-state index contributed by atoms with van der Waals surface area (Å²) in [6, 6.07) is 3.81. The molecule has 0 bridgehead atoms. The summed E-state index contributed by atoms with van der Waals surface area (Å²) >= 11 is 5.68. The van der Waals surface area contributed by atoms with Gasteiger partial charge in [-0.3, -0.25) is 14.8 Å². The topological polar surface area (TPSA) is 92.5 Å². The van der Waals surface area contributed by atoms with E-state index in [1.54, 1.807) is 0 Å². The van der Waals surface area contributed by atoms with E-state index < -0.39 is 15.1 Å². The van der Waals surface area contributed by atoms with E-state index >= 15 is 0 Å². The predicted octanol–water partition coefficient (Wildman–Crippen LogP) is 2.39. The molecule has 2 rings (SSSR count). The third-order valence-corrected chi connectivity index (χ3v) is 4.90. The van der Waals surface area contributed by atoms with E-state index in [9.17, 15) is 18.5 Å². The van der Waals surface area contributed by atoms with Crippen molar-refractivity contribution in [3.8, 4) is 0 Å². The number of piperidine rings is 1. The Balaban J connectivity index is 2.20. The molecule has 1 N–H and O–H groups in total. The highest BCUT2D eigenvalue weighted by Gasteiger charge is 2.24. The van der Waals surface area contributed by atoms with Gasteiger partial charge in [-0.2, -0.15) is 12.7 Å². The first-order valence-electron chi connectivity index (χ1n) is 6.12. The molecule has 9 heteroatoms. The minimum Gasteiger partial charge on any atom is -0.271 e. The zero-order chi connectivity index (χ0) is 14.8. The molecule has 0 radical (unpaired) electrons. The number of nitro benzene ring substituents is 1. The molecular weight excluding hydrogens is 306 g/mol. The van der Waals surface area contributed by atoms with Crippen molar-refractivity contribution in [2.75, 3.05) is 17.8 Å². The van der Waals surface area contributed by atoms with Gasteiger partial charge in [0.2, 0.25) is 0 Å². The monoisotopic (exact) mass is 319 g/mol. The molecule has 1 fully saturated rings. The number of nitrogens with zero attached hydrogens (tertiary/aromatic N) is 2. The Hall–Kier alpha value is -1.38. The van der Waals surface area contributed by atoms with Crippen molar-refractivity contribution in [3.63, 3.8) is 0 Å². The molecule has 1 saturated heterocycles. The van der Waals surface area contributed by atoms with Gasteiger partial charge in [0.15, 0.2) is 0 Å². The van der Waals surface area contributed by atoms with Crippen molar-refractivity contribution in [1.82, 2.24) is 4.31 Å². The minimum absolute atomic E-state index is 0.0316. The van der Waals surface area contributed by atoms with Gasteiger partial charge in [0.1, 0.15) is 5.02 Å². The molecule has 1 aromatic carbocycles. The molecular formula is C11H14ClN3O4S. The molecule has 0 atom stereocenters. The second-order valence-corrected chi connectivity index (χ2v) is 6.57. The van der Waals surface area contributed by atoms with Crippen molar-refractivity contribution in [2.45, 2.75) is 19.3 Å². The normalized spacial score (nSPS) is 16.9. The van der Waals surface area contributed by atoms with Crippen LogP contribution >= 0.6 is 11.6 Å². The number of benzene rings is 1. The van der Waals surface area contributed by atoms with Crippen LogP contribution in [0.25, 0.3) is 0 Å². The summed E-state index contributed by atoms with van der Waals surface area (Å²) < 4.78 is 28.0. The van der Waals surface area contributed by atoms with Gasteiger partial charge in [0.25, 0.3) is 5.69 Å². The highest BCUT2D eigenvalue weighted by molar-refractivity contribution is 7.90. The van der Waals surface area contributed by atoms with Crippen molar-refractivity contribution in [2.24, 2.45) is 0 Å². The molecule has 0 spiro atoms. The molecule has 1 heterocycles. The van der Waals surface area contributed by atoms with E-state index in [0.29, 0.717) is 13.1 Å². The number of hydrogen-bond donors (Lipinski definition) is 1. The maximum atomic E-state index is 12.1. The third-order valence-electron chi connectivity index (χ3n) is 3.04. The van der Waals surface area contributed by atoms with E-state index in [4.69, 9.17) is 11.6 Å². The van der Waals surface area contributed by atoms with E-state index in [1.807, 2.05) is 0 Å². The Kier molecular flexibility index (Phi) is 4.46. The first kappa shape index (κ1) is 15.0. The highest BCUT2D eigenvalue weighted by Crippen LogP contribution is 2.28. The van der Waals surface area contributed by atoms with Gasteiger partial charge >= 0.3 is 10.2 Å². The SMILES string of the molecule is O=[N+]([O-])c1cc(NS(=O)(=O)N2CCCCC2)ccc1Cl. The molecule has 20 heavy (non-hydrogen) atoms. The van der Waals surface area contributed by atoms with E-state index in [-0.39, 0.29) is 16.4 Å². The van der Waals surface area contributed by atoms with Crippen LogP contribution in [0.5, 0.6) is 0 Å². The maximum absolute atomic E-state index is 12.1. The van der Waals surface area contributed by atoms with Crippen LogP contribution in [0.4, 0.5) is 11.4 Å². The number of halogens is 1. The zero-order valence-corrected chi connectivity index (χ0v) is 12.2. The van der Waals surface area contributed by atoms with Crippen molar-refractivity contribution < 1.29 is 13.3 Å². The van der Waals surface area contributed by atoms with Gasteiger partial charge in [0, 0.05) is 19.2 Å². The summed E-state index contributed by atoms with van der Waals surface area (Å²) in [6.07, 6.45) is 2.65. The van der Waals surface area contributed by atoms with Gasteiger partial charge in [-0.15, -0.1) is 0 Å². The Morgan fingerprint density at radius 2 is 1.90 bits per heavy atom. The molecule has 1 aliphatic rings. The molecule has 0 aromatic heterocycles. The van der Waals surface area contributed by atoms with Gasteiger partial charge in [-0.1, -0.05) is 18.0 Å². The van der Waals surface area contributed by atoms with Crippen LogP contribution in [0, 0.1) is 10.1 Å². The van der Waals surface area contributed by atoms with Crippen LogP contribution in [-0.2, 0) is 10.2 Å². The molecule has 7 nitrogen and oxygen atoms in total. The van der Waals surface area contributed by atoms with E-state index in [1.165, 1.54) is 16.4 Å². The lowest BCUT2D eigenvalue weighted by Gasteiger charge is -2.26. The smallest absolute Gasteiger partial charge is 0.271 e. The lowest BCUT2D eigenvalue weighted by atomic mass is 10.2. The summed E-state index contributed by atoms with van der Waals surface area (Å²) in [5.74, 6) is 0. The summed E-state index contributed by atoms with van der Waals surface area (Å²) in [5, 5.41) is 10.7. The molecule has 1 aliphatic heterocycles. The van der Waals surface area contributed by atoms with Crippen LogP contribution < -0.4 is 4.72 Å². The molecule has 0 saturated carbocycles. The first-order valence-corrected chi connectivity index (χ1v) is 7.94. The van der Waals surface area contributed by atoms with Crippen LogP contribution in [0.2, 0.25) is 5.02 Å². The molecule has 1 aromatic rings. The van der Waals surface area contributed by atoms with Gasteiger partial charge in [-0.25, -0.2) is 0 Å². The fourth-order valence-electron chi connectivity index (χ4n) is 2.03. The van der Waals surface area contributed by atoms with E-state index in [0.717, 1.165) is 25.3 Å². The molecule has 0 amide bonds. The Morgan fingerprint density at radius 3 is 2.50 bits per heavy atom. The average Bonchev–Trinajstić information content (AvgIpc) is 2.41. The second-order valence-electron chi connectivity index (χ2n) is 4.49. The van der Waals surface area contributed by atoms with Crippen LogP contribution in [0.15, 0.2) is 18.2 Å². The quantitative estimate of drug-likeness (QED) is 0.681. The predicted molar refractivity (Wildman–Crippen MR) is 76.1 cm³/mol. The first-order chi connectivity index (χ1) is 9.40. The van der Waals surface area contributed by atoms with Crippen molar-refractivity contribution in [1.29, 1.82) is 0 Å². The Labute approximate surface area is 121 Å². The standard InChI is InChI=1S/C11H14ClN3O4S/c12-10-5-4-9(8-11(10)15(16)17)13-20(18,19)14-6-2-1-3-7-14/h4-5,8,13H,1-3,6-7H2. The lowest BCUT2D eigenvalue weighted by molar-refractivity contribution is -0.384. The zero-order valence-electron chi connectivity index (χ0n) is 10.6. The Bertz CT molecular complexity index is 614. The summed E-state index contributed by atoms with van der Waals surface area (Å²) in [6.45, 7) is 0.927. The van der Waals surface area contributed by atoms with Crippen molar-refractivity contribution >= 4 is 33.2 Å². The van der Waals surface area contributed by atoms with Gasteiger partial charge < -0.3 is 0 Å². The molecule has 0 aliphatic carbocycles. The fraction of sp³-hybridized carbons (Fsp3) is 0.455. The maximum Gasteiger partial charge on any atom is 0.301 e. The number of anilines is 1. The average molecular weight is 320 g/mol. The lowest BCUT2D eigenvalue weighted by Crippen LogP contribution is -2.39. The third kappa shape index (κ3) is 3.38. The number of nitrogens with one attached hydrogen (secondary N) is 1. The summed E-state index contributed by atoms with van der Waals surface area (Å²) in [5.41, 5.74) is -0.197. The second kappa shape index (κ2) is 5.94. The van der Waals surface area contributed by atoms with Crippen molar-refractivity contribution in [3.05, 3.63) is 33.3 Å². The van der Waals surface area contributed by atoms with Crippen LogP contribution in [-0.4, -0.2) is 30.7 Å². The highest BCUT2D eigenvalue weighted by atomic mass is 35.5. The summed E-state index contributed by atoms with van der Waals surface area (Å²) in [4.78, 5) is 10.1. The fourth-order valence-corrected chi connectivity index (χ4v) is 3.51. The van der Waals surface area contributed by atoms with Gasteiger partial charge in [0.05, 0.1) is 10.6 Å². The summed E-state index contributed by atoms with van der Waals surface area (Å²) in [7, 11) is -3.67. The number of nitro groups is 1. The van der Waals surface area contributed by atoms with Crippen LogP contribution in [0.3, 0.4) is 0 Å². The van der Waals surface area contributed by atoms with E-state index in [2.05, 4.69) is 4.72 Å². The number of hydrogen-bond acceptors (Lipinski definition) is 4. The minimum atomic E-state index is -3.67. The molecule has 110 valence electrons. The largest absolute Gasteiger partial charge is 0.301 e. The Morgan fingerprint density at radius 1 is 1.25 bits per heavy atom. The van der Waals surface area contributed by atoms with Crippen LogP contribution in [0.1, 0.15) is 19.3 Å². The molecule has 0 unspecified atom stereocenters. The van der Waals surface area contributed by atoms with Gasteiger partial charge in [-0.05, 0) is 25.0 Å². The number of rotatable bonds is 4.